The topological polar surface area (TPSA) is 58.6 Å². The van der Waals surface area contributed by atoms with Crippen molar-refractivity contribution in [3.63, 3.8) is 0 Å². The van der Waals surface area contributed by atoms with Gasteiger partial charge in [-0.3, -0.25) is 0 Å². The molecule has 2 N–H and O–H groups in total. The fraction of sp³-hybridized carbons (Fsp3) is 0.345. The number of aryl methyl sites for hydroxylation is 1. The molecule has 0 aromatic heterocycles. The summed E-state index contributed by atoms with van der Waals surface area (Å²) >= 11 is 0. The first-order valence-corrected chi connectivity index (χ1v) is 11.9. The second-order valence-corrected chi connectivity index (χ2v) is 8.67. The van der Waals surface area contributed by atoms with Crippen LogP contribution in [-0.4, -0.2) is 18.2 Å². The molecule has 0 aliphatic heterocycles. The van der Waals surface area contributed by atoms with Crippen molar-refractivity contribution in [1.29, 1.82) is 0 Å². The zero-order chi connectivity index (χ0) is 24.7. The van der Waals surface area contributed by atoms with Gasteiger partial charge in [-0.1, -0.05) is 50.3 Å². The van der Waals surface area contributed by atoms with E-state index in [2.05, 4.69) is 37.0 Å². The summed E-state index contributed by atoms with van der Waals surface area (Å²) in [6.07, 6.45) is 6.95. The van der Waals surface area contributed by atoms with Crippen LogP contribution in [-0.2, 0) is 17.6 Å². The van der Waals surface area contributed by atoms with Crippen molar-refractivity contribution < 1.29 is 19.0 Å². The van der Waals surface area contributed by atoms with Crippen LogP contribution in [0, 0.1) is 11.7 Å². The maximum atomic E-state index is 13.9. The van der Waals surface area contributed by atoms with Crippen LogP contribution in [0.15, 0.2) is 72.0 Å². The number of halogens is 1. The van der Waals surface area contributed by atoms with Gasteiger partial charge < -0.3 is 15.2 Å². The number of methoxy groups -OCH3 is 1. The Labute approximate surface area is 201 Å². The number of unbranched alkanes of at least 4 members (excludes halogenated alkanes) is 1. The van der Waals surface area contributed by atoms with Gasteiger partial charge in [-0.05, 0) is 79.8 Å². The van der Waals surface area contributed by atoms with E-state index in [9.17, 15) is 14.3 Å². The molecular formula is C29H34FNO3. The van der Waals surface area contributed by atoms with E-state index in [1.54, 1.807) is 12.1 Å². The number of fused-ring (bicyclic) bond motifs is 1. The molecule has 5 heteroatoms. The van der Waals surface area contributed by atoms with E-state index in [0.29, 0.717) is 29.0 Å². The molecule has 0 amide bonds. The van der Waals surface area contributed by atoms with E-state index in [-0.39, 0.29) is 11.7 Å². The van der Waals surface area contributed by atoms with Crippen LogP contribution >= 0.6 is 0 Å². The Morgan fingerprint density at radius 3 is 2.65 bits per heavy atom. The molecule has 1 atom stereocenters. The summed E-state index contributed by atoms with van der Waals surface area (Å²) in [7, 11) is 1.41. The standard InChI is InChI=1S/C29H34FNO3/c1-5-7-12-26(31-19(3)21-15-16-25(30)27(18-21)34-4)28(29(32)33)24(6-2)23-14-13-20-10-8-9-11-22(20)17-23/h6,8-11,15-16,18,23,31H,3,5,7,12-14,17H2,1-2,4H3,(H,32,33)/b24-6-,28-26-. The van der Waals surface area contributed by atoms with Gasteiger partial charge in [0.15, 0.2) is 11.6 Å². The Morgan fingerprint density at radius 2 is 2.00 bits per heavy atom. The zero-order valence-electron chi connectivity index (χ0n) is 20.3. The number of allylic oxidation sites excluding steroid dienone is 2. The quantitative estimate of drug-likeness (QED) is 0.305. The lowest BCUT2D eigenvalue weighted by Gasteiger charge is -2.29. The Kier molecular flexibility index (Phi) is 8.69. The first-order chi connectivity index (χ1) is 16.4. The number of rotatable bonds is 10. The number of aliphatic carboxylic acids is 1. The summed E-state index contributed by atoms with van der Waals surface area (Å²) in [4.78, 5) is 12.6. The molecule has 3 rings (SSSR count). The summed E-state index contributed by atoms with van der Waals surface area (Å²) in [6.45, 7) is 8.10. The number of nitrogens with one attached hydrogen (secondary N) is 1. The molecule has 0 radical (unpaired) electrons. The van der Waals surface area contributed by atoms with Gasteiger partial charge in [-0.2, -0.15) is 0 Å². The van der Waals surface area contributed by atoms with Gasteiger partial charge in [-0.15, -0.1) is 0 Å². The molecule has 0 saturated heterocycles. The van der Waals surface area contributed by atoms with Crippen molar-refractivity contribution in [3.05, 3.63) is 94.5 Å². The molecule has 0 saturated carbocycles. The van der Waals surface area contributed by atoms with E-state index in [4.69, 9.17) is 4.74 Å². The highest BCUT2D eigenvalue weighted by molar-refractivity contribution is 5.93. The fourth-order valence-electron chi connectivity index (χ4n) is 4.68. The Bertz CT molecular complexity index is 1120. The van der Waals surface area contributed by atoms with Crippen molar-refractivity contribution in [2.45, 2.75) is 52.4 Å². The van der Waals surface area contributed by atoms with Crippen molar-refractivity contribution >= 4 is 11.7 Å². The average molecular weight is 464 g/mol. The van der Waals surface area contributed by atoms with Crippen LogP contribution in [0.3, 0.4) is 0 Å². The van der Waals surface area contributed by atoms with Crippen LogP contribution < -0.4 is 10.1 Å². The zero-order valence-corrected chi connectivity index (χ0v) is 20.3. The lowest BCUT2D eigenvalue weighted by molar-refractivity contribution is -0.132. The monoisotopic (exact) mass is 463 g/mol. The Morgan fingerprint density at radius 1 is 1.26 bits per heavy atom. The number of hydrogen-bond donors (Lipinski definition) is 2. The minimum absolute atomic E-state index is 0.119. The third-order valence-electron chi connectivity index (χ3n) is 6.48. The number of carbonyl (C=O) groups is 1. The summed E-state index contributed by atoms with van der Waals surface area (Å²) in [5.74, 6) is -1.16. The Hall–Kier alpha value is -3.34. The lowest BCUT2D eigenvalue weighted by atomic mass is 9.77. The molecule has 1 aliphatic carbocycles. The third-order valence-corrected chi connectivity index (χ3v) is 6.48. The van der Waals surface area contributed by atoms with Gasteiger partial charge >= 0.3 is 5.97 Å². The molecule has 1 aliphatic rings. The molecule has 2 aromatic rings. The van der Waals surface area contributed by atoms with E-state index in [0.717, 1.165) is 37.7 Å². The highest BCUT2D eigenvalue weighted by atomic mass is 19.1. The minimum atomic E-state index is -0.949. The number of carboxylic acid groups (broad SMARTS) is 1. The summed E-state index contributed by atoms with van der Waals surface area (Å²) in [5, 5.41) is 13.6. The van der Waals surface area contributed by atoms with Crippen LogP contribution in [0.5, 0.6) is 5.75 Å². The molecule has 0 heterocycles. The molecule has 0 fully saturated rings. The maximum absolute atomic E-state index is 13.9. The second-order valence-electron chi connectivity index (χ2n) is 8.67. The van der Waals surface area contributed by atoms with Gasteiger partial charge in [0, 0.05) is 17.0 Å². The lowest BCUT2D eigenvalue weighted by Crippen LogP contribution is -2.24. The SMILES string of the molecule is C=C(N/C(CCCC)=C(C(=O)O)/C(=C\C)C1CCc2ccccc2C1)c1ccc(F)c(OC)c1. The minimum Gasteiger partial charge on any atom is -0.494 e. The van der Waals surface area contributed by atoms with Gasteiger partial charge in [0.05, 0.1) is 12.7 Å². The van der Waals surface area contributed by atoms with Crippen LogP contribution in [0.4, 0.5) is 4.39 Å². The molecule has 2 aromatic carbocycles. The first kappa shape index (κ1) is 25.3. The summed E-state index contributed by atoms with van der Waals surface area (Å²) in [6, 6.07) is 12.9. The first-order valence-electron chi connectivity index (χ1n) is 11.9. The van der Waals surface area contributed by atoms with Crippen molar-refractivity contribution in [2.24, 2.45) is 5.92 Å². The Balaban J connectivity index is 1.98. The number of ether oxygens (including phenoxy) is 1. The van der Waals surface area contributed by atoms with Gasteiger partial charge in [0.2, 0.25) is 0 Å². The number of hydrogen-bond acceptors (Lipinski definition) is 3. The van der Waals surface area contributed by atoms with Crippen LogP contribution in [0.2, 0.25) is 0 Å². The van der Waals surface area contributed by atoms with Crippen LogP contribution in [0.1, 0.15) is 56.2 Å². The molecule has 1 unspecified atom stereocenters. The molecule has 34 heavy (non-hydrogen) atoms. The van der Waals surface area contributed by atoms with Crippen molar-refractivity contribution in [1.82, 2.24) is 5.32 Å². The second kappa shape index (κ2) is 11.7. The normalized spacial score (nSPS) is 16.4. The van der Waals surface area contributed by atoms with Gasteiger partial charge in [-0.25, -0.2) is 9.18 Å². The van der Waals surface area contributed by atoms with E-state index >= 15 is 0 Å². The average Bonchev–Trinajstić information content (AvgIpc) is 2.84. The largest absolute Gasteiger partial charge is 0.494 e. The van der Waals surface area contributed by atoms with E-state index in [1.807, 2.05) is 19.1 Å². The highest BCUT2D eigenvalue weighted by Gasteiger charge is 2.28. The number of carboxylic acids is 1. The van der Waals surface area contributed by atoms with Gasteiger partial charge in [0.25, 0.3) is 0 Å². The smallest absolute Gasteiger partial charge is 0.337 e. The third kappa shape index (κ3) is 5.77. The highest BCUT2D eigenvalue weighted by Crippen LogP contribution is 2.35. The van der Waals surface area contributed by atoms with E-state index < -0.39 is 11.8 Å². The molecule has 0 bridgehead atoms. The summed E-state index contributed by atoms with van der Waals surface area (Å²) < 4.78 is 19.0. The van der Waals surface area contributed by atoms with Gasteiger partial charge in [0.1, 0.15) is 0 Å². The van der Waals surface area contributed by atoms with Crippen molar-refractivity contribution in [2.75, 3.05) is 7.11 Å². The van der Waals surface area contributed by atoms with Crippen LogP contribution in [0.25, 0.3) is 5.70 Å². The molecule has 0 spiro atoms. The predicted octanol–water partition coefficient (Wildman–Crippen LogP) is 6.67. The maximum Gasteiger partial charge on any atom is 0.337 e. The number of benzene rings is 2. The predicted molar refractivity (Wildman–Crippen MR) is 135 cm³/mol. The fourth-order valence-corrected chi connectivity index (χ4v) is 4.68. The molecule has 180 valence electrons. The molecular weight excluding hydrogens is 429 g/mol. The van der Waals surface area contributed by atoms with E-state index in [1.165, 1.54) is 24.3 Å². The van der Waals surface area contributed by atoms with Crippen molar-refractivity contribution in [3.8, 4) is 5.75 Å². The molecule has 4 nitrogen and oxygen atoms in total. The summed E-state index contributed by atoms with van der Waals surface area (Å²) in [5.41, 5.74) is 5.58.